The van der Waals surface area contributed by atoms with E-state index >= 15 is 0 Å². The molecule has 6 nitrogen and oxygen atoms in total. The number of carbonyl (C=O) groups excluding carboxylic acids is 1. The summed E-state index contributed by atoms with van der Waals surface area (Å²) in [5.41, 5.74) is -0.735. The predicted octanol–water partition coefficient (Wildman–Crippen LogP) is 1.37. The molecule has 6 heteroatoms. The zero-order valence-corrected chi connectivity index (χ0v) is 10.8. The Hall–Kier alpha value is -1.98. The van der Waals surface area contributed by atoms with Gasteiger partial charge in [0.25, 0.3) is 0 Å². The number of aliphatic carboxylic acids is 1. The molecule has 1 aliphatic carbocycles. The van der Waals surface area contributed by atoms with E-state index in [1.54, 1.807) is 12.3 Å². The average molecular weight is 266 g/mol. The van der Waals surface area contributed by atoms with E-state index in [9.17, 15) is 9.59 Å². The molecule has 1 aromatic heterocycles. The van der Waals surface area contributed by atoms with Crippen molar-refractivity contribution in [2.24, 2.45) is 5.41 Å². The van der Waals surface area contributed by atoms with Crippen LogP contribution in [-0.2, 0) is 11.2 Å². The van der Waals surface area contributed by atoms with Gasteiger partial charge in [0.2, 0.25) is 0 Å². The molecule has 1 saturated carbocycles. The highest BCUT2D eigenvalue weighted by molar-refractivity contribution is 5.80. The molecule has 3 N–H and O–H groups in total. The van der Waals surface area contributed by atoms with Crippen molar-refractivity contribution in [3.63, 3.8) is 0 Å². The zero-order chi connectivity index (χ0) is 13.9. The molecule has 104 valence electrons. The molecule has 1 heterocycles. The van der Waals surface area contributed by atoms with Gasteiger partial charge < -0.3 is 20.2 Å². The van der Waals surface area contributed by atoms with Gasteiger partial charge in [0, 0.05) is 19.0 Å². The van der Waals surface area contributed by atoms with Crippen LogP contribution >= 0.6 is 0 Å². The lowest BCUT2D eigenvalue weighted by Crippen LogP contribution is -2.44. The summed E-state index contributed by atoms with van der Waals surface area (Å²) in [5, 5.41) is 14.4. The Morgan fingerprint density at radius 3 is 2.79 bits per heavy atom. The van der Waals surface area contributed by atoms with Crippen LogP contribution < -0.4 is 10.6 Å². The molecule has 1 unspecified atom stereocenters. The Labute approximate surface area is 111 Å². The van der Waals surface area contributed by atoms with Crippen LogP contribution in [0.2, 0.25) is 0 Å². The molecular weight excluding hydrogens is 248 g/mol. The number of carboxylic acids is 1. The summed E-state index contributed by atoms with van der Waals surface area (Å²) in [6, 6.07) is 3.23. The summed E-state index contributed by atoms with van der Waals surface area (Å²) >= 11 is 0. The molecule has 1 aromatic rings. The van der Waals surface area contributed by atoms with Crippen LogP contribution in [0.3, 0.4) is 0 Å². The van der Waals surface area contributed by atoms with Crippen molar-refractivity contribution in [3.05, 3.63) is 24.2 Å². The first-order chi connectivity index (χ1) is 9.02. The largest absolute Gasteiger partial charge is 0.481 e. The van der Waals surface area contributed by atoms with E-state index in [0.29, 0.717) is 19.3 Å². The van der Waals surface area contributed by atoms with Crippen molar-refractivity contribution in [3.8, 4) is 0 Å². The summed E-state index contributed by atoms with van der Waals surface area (Å²) in [4.78, 5) is 22.6. The second-order valence-electron chi connectivity index (χ2n) is 5.10. The van der Waals surface area contributed by atoms with Gasteiger partial charge in [-0.3, -0.25) is 4.79 Å². The summed E-state index contributed by atoms with van der Waals surface area (Å²) in [6.07, 6.45) is 3.45. The van der Waals surface area contributed by atoms with Crippen LogP contribution in [0.1, 0.15) is 25.5 Å². The van der Waals surface area contributed by atoms with Crippen molar-refractivity contribution in [2.45, 2.75) is 32.2 Å². The first-order valence-electron chi connectivity index (χ1n) is 6.32. The lowest BCUT2D eigenvalue weighted by molar-refractivity contribution is -0.143. The first kappa shape index (κ1) is 13.5. The Bertz CT molecular complexity index is 451. The van der Waals surface area contributed by atoms with Crippen LogP contribution in [-0.4, -0.2) is 29.7 Å². The summed E-state index contributed by atoms with van der Waals surface area (Å²) < 4.78 is 5.19. The highest BCUT2D eigenvalue weighted by Gasteiger charge is 2.50. The maximum absolute atomic E-state index is 11.6. The number of hydrogen-bond acceptors (Lipinski definition) is 3. The highest BCUT2D eigenvalue weighted by Crippen LogP contribution is 2.45. The molecule has 0 radical (unpaired) electrons. The van der Waals surface area contributed by atoms with Crippen molar-refractivity contribution < 1.29 is 19.1 Å². The third kappa shape index (κ3) is 3.49. The fourth-order valence-electron chi connectivity index (χ4n) is 1.92. The number of rotatable bonds is 6. The minimum absolute atomic E-state index is 0.0777. The normalized spacial score (nSPS) is 17.5. The topological polar surface area (TPSA) is 91.6 Å². The fourth-order valence-corrected chi connectivity index (χ4v) is 1.92. The smallest absolute Gasteiger partial charge is 0.315 e. The standard InChI is InChI=1S/C13H18N2O4/c1-9(7-10-3-2-6-19-10)15-12(18)14-8-13(4-5-13)11(16)17/h2-3,6,9H,4-5,7-8H2,1H3,(H,16,17)(H2,14,15,18). The van der Waals surface area contributed by atoms with Crippen molar-refractivity contribution in [1.29, 1.82) is 0 Å². The molecule has 0 aliphatic heterocycles. The second kappa shape index (κ2) is 5.34. The van der Waals surface area contributed by atoms with E-state index in [0.717, 1.165) is 5.76 Å². The van der Waals surface area contributed by atoms with Crippen LogP contribution in [0, 0.1) is 5.41 Å². The maximum Gasteiger partial charge on any atom is 0.315 e. The van der Waals surface area contributed by atoms with Gasteiger partial charge in [0.05, 0.1) is 11.7 Å². The van der Waals surface area contributed by atoms with Gasteiger partial charge in [-0.2, -0.15) is 0 Å². The van der Waals surface area contributed by atoms with Gasteiger partial charge >= 0.3 is 12.0 Å². The van der Waals surface area contributed by atoms with E-state index in [2.05, 4.69) is 10.6 Å². The SMILES string of the molecule is CC(Cc1ccco1)NC(=O)NCC1(C(=O)O)CC1. The van der Waals surface area contributed by atoms with Gasteiger partial charge in [-0.25, -0.2) is 4.79 Å². The Balaban J connectivity index is 1.71. The Kier molecular flexibility index (Phi) is 3.78. The van der Waals surface area contributed by atoms with Crippen LogP contribution in [0.15, 0.2) is 22.8 Å². The average Bonchev–Trinajstić information content (AvgIpc) is 2.98. The number of urea groups is 1. The predicted molar refractivity (Wildman–Crippen MR) is 67.7 cm³/mol. The maximum atomic E-state index is 11.6. The van der Waals surface area contributed by atoms with E-state index in [1.165, 1.54) is 0 Å². The van der Waals surface area contributed by atoms with Gasteiger partial charge in [0.1, 0.15) is 5.76 Å². The fraction of sp³-hybridized carbons (Fsp3) is 0.538. The lowest BCUT2D eigenvalue weighted by atomic mass is 10.1. The van der Waals surface area contributed by atoms with Gasteiger partial charge in [-0.15, -0.1) is 0 Å². The van der Waals surface area contributed by atoms with Crippen LogP contribution in [0.25, 0.3) is 0 Å². The van der Waals surface area contributed by atoms with Gasteiger partial charge in [-0.05, 0) is 31.9 Å². The number of amides is 2. The molecule has 1 atom stereocenters. The molecule has 0 saturated heterocycles. The minimum atomic E-state index is -0.837. The third-order valence-corrected chi connectivity index (χ3v) is 3.36. The second-order valence-corrected chi connectivity index (χ2v) is 5.10. The molecule has 1 fully saturated rings. The summed E-state index contributed by atoms with van der Waals surface area (Å²) in [5.74, 6) is -0.0339. The van der Waals surface area contributed by atoms with Crippen LogP contribution in [0.5, 0.6) is 0 Å². The summed E-state index contributed by atoms with van der Waals surface area (Å²) in [7, 11) is 0. The monoisotopic (exact) mass is 266 g/mol. The van der Waals surface area contributed by atoms with E-state index in [4.69, 9.17) is 9.52 Å². The van der Waals surface area contributed by atoms with Crippen molar-refractivity contribution >= 4 is 12.0 Å². The lowest BCUT2D eigenvalue weighted by Gasteiger charge is -2.15. The molecule has 19 heavy (non-hydrogen) atoms. The molecule has 0 aromatic carbocycles. The quantitative estimate of drug-likeness (QED) is 0.725. The Morgan fingerprint density at radius 2 is 2.26 bits per heavy atom. The number of nitrogens with one attached hydrogen (secondary N) is 2. The van der Waals surface area contributed by atoms with Crippen LogP contribution in [0.4, 0.5) is 4.79 Å². The summed E-state index contributed by atoms with van der Waals surface area (Å²) in [6.45, 7) is 2.05. The molecule has 0 bridgehead atoms. The third-order valence-electron chi connectivity index (χ3n) is 3.36. The zero-order valence-electron chi connectivity index (χ0n) is 10.8. The highest BCUT2D eigenvalue weighted by atomic mass is 16.4. The molecule has 1 aliphatic rings. The van der Waals surface area contributed by atoms with Crippen molar-refractivity contribution in [2.75, 3.05) is 6.54 Å². The first-order valence-corrected chi connectivity index (χ1v) is 6.32. The molecule has 2 rings (SSSR count). The molecule has 2 amide bonds. The van der Waals surface area contributed by atoms with E-state index in [-0.39, 0.29) is 18.6 Å². The minimum Gasteiger partial charge on any atom is -0.481 e. The number of carboxylic acid groups (broad SMARTS) is 1. The van der Waals surface area contributed by atoms with Gasteiger partial charge in [0.15, 0.2) is 0 Å². The Morgan fingerprint density at radius 1 is 1.53 bits per heavy atom. The number of furan rings is 1. The molecular formula is C13H18N2O4. The van der Waals surface area contributed by atoms with E-state index < -0.39 is 11.4 Å². The molecule has 0 spiro atoms. The number of carbonyl (C=O) groups is 2. The number of hydrogen-bond donors (Lipinski definition) is 3. The van der Waals surface area contributed by atoms with E-state index in [1.807, 2.05) is 13.0 Å². The van der Waals surface area contributed by atoms with Gasteiger partial charge in [-0.1, -0.05) is 0 Å². The van der Waals surface area contributed by atoms with Crippen molar-refractivity contribution in [1.82, 2.24) is 10.6 Å².